The molecular weight excluding hydrogens is 273 g/mol. The summed E-state index contributed by atoms with van der Waals surface area (Å²) in [5.41, 5.74) is -2.86. The van der Waals surface area contributed by atoms with Crippen LogP contribution in [0.3, 0.4) is 0 Å². The molecule has 7 heteroatoms. The highest BCUT2D eigenvalue weighted by Crippen LogP contribution is 2.41. The van der Waals surface area contributed by atoms with Gasteiger partial charge in [0.2, 0.25) is 5.60 Å². The summed E-state index contributed by atoms with van der Waals surface area (Å²) < 4.78 is 44.1. The van der Waals surface area contributed by atoms with Crippen LogP contribution < -0.4 is 0 Å². The molecule has 108 valence electrons. The van der Waals surface area contributed by atoms with Gasteiger partial charge in [-0.1, -0.05) is 13.3 Å². The van der Waals surface area contributed by atoms with Crippen molar-refractivity contribution >= 4 is 0 Å². The Labute approximate surface area is 113 Å². The molecule has 1 unspecified atom stereocenters. The Morgan fingerprint density at radius 1 is 1.25 bits per heavy atom. The molecule has 4 nitrogen and oxygen atoms in total. The Balaban J connectivity index is 2.36. The van der Waals surface area contributed by atoms with Crippen molar-refractivity contribution in [2.75, 3.05) is 0 Å². The van der Waals surface area contributed by atoms with Gasteiger partial charge in [-0.25, -0.2) is 4.98 Å². The van der Waals surface area contributed by atoms with E-state index in [1.165, 1.54) is 24.9 Å². The Morgan fingerprint density at radius 3 is 2.45 bits per heavy atom. The van der Waals surface area contributed by atoms with Gasteiger partial charge in [0, 0.05) is 11.8 Å². The van der Waals surface area contributed by atoms with E-state index in [0.717, 1.165) is 6.07 Å². The fraction of sp³-hybridized carbons (Fsp3) is 0.385. The van der Waals surface area contributed by atoms with Gasteiger partial charge in [0.05, 0.1) is 11.9 Å². The van der Waals surface area contributed by atoms with E-state index in [4.69, 9.17) is 4.42 Å². The van der Waals surface area contributed by atoms with Crippen LogP contribution in [0.1, 0.15) is 25.5 Å². The minimum absolute atomic E-state index is 0.182. The zero-order valence-electron chi connectivity index (χ0n) is 10.7. The van der Waals surface area contributed by atoms with Crippen LogP contribution in [0, 0.1) is 0 Å². The lowest BCUT2D eigenvalue weighted by Gasteiger charge is -2.29. The minimum Gasteiger partial charge on any atom is -0.443 e. The first-order chi connectivity index (χ1) is 9.38. The van der Waals surface area contributed by atoms with E-state index in [-0.39, 0.29) is 6.42 Å². The highest BCUT2D eigenvalue weighted by molar-refractivity contribution is 5.54. The summed E-state index contributed by atoms with van der Waals surface area (Å²) >= 11 is 0. The molecule has 2 aromatic heterocycles. The normalized spacial score (nSPS) is 15.1. The molecule has 0 aliphatic carbocycles. The molecule has 0 aromatic carbocycles. The number of hydrogen-bond donors (Lipinski definition) is 1. The largest absolute Gasteiger partial charge is 0.443 e. The molecule has 2 rings (SSSR count). The van der Waals surface area contributed by atoms with E-state index in [9.17, 15) is 18.3 Å². The predicted molar refractivity (Wildman–Crippen MR) is 64.6 cm³/mol. The number of pyridine rings is 1. The third kappa shape index (κ3) is 2.53. The second-order valence-corrected chi connectivity index (χ2v) is 4.41. The SMILES string of the molecule is CCCC(O)(c1ccc(-c2cnco2)cn1)C(F)(F)F. The fourth-order valence-electron chi connectivity index (χ4n) is 1.92. The first-order valence-corrected chi connectivity index (χ1v) is 6.03. The number of hydrogen-bond acceptors (Lipinski definition) is 4. The highest BCUT2D eigenvalue weighted by Gasteiger charge is 2.55. The van der Waals surface area contributed by atoms with Crippen molar-refractivity contribution in [3.05, 3.63) is 36.6 Å². The Morgan fingerprint density at radius 2 is 2.00 bits per heavy atom. The summed E-state index contributed by atoms with van der Waals surface area (Å²) in [7, 11) is 0. The van der Waals surface area contributed by atoms with Crippen LogP contribution in [0.4, 0.5) is 13.2 Å². The monoisotopic (exact) mass is 286 g/mol. The Kier molecular flexibility index (Phi) is 3.80. The Hall–Kier alpha value is -1.89. The summed E-state index contributed by atoms with van der Waals surface area (Å²) in [6.07, 6.45) is -1.16. The number of halogens is 3. The smallest absolute Gasteiger partial charge is 0.422 e. The van der Waals surface area contributed by atoms with Crippen molar-refractivity contribution in [2.24, 2.45) is 0 Å². The van der Waals surface area contributed by atoms with Gasteiger partial charge in [-0.3, -0.25) is 4.98 Å². The molecule has 0 bridgehead atoms. The van der Waals surface area contributed by atoms with E-state index in [2.05, 4.69) is 9.97 Å². The van der Waals surface area contributed by atoms with E-state index >= 15 is 0 Å². The first-order valence-electron chi connectivity index (χ1n) is 6.03. The molecule has 0 aliphatic rings. The lowest BCUT2D eigenvalue weighted by Crippen LogP contribution is -2.42. The quantitative estimate of drug-likeness (QED) is 0.937. The van der Waals surface area contributed by atoms with Gasteiger partial charge in [-0.15, -0.1) is 0 Å². The second-order valence-electron chi connectivity index (χ2n) is 4.41. The van der Waals surface area contributed by atoms with Gasteiger partial charge in [0.15, 0.2) is 12.2 Å². The molecule has 0 saturated carbocycles. The third-order valence-corrected chi connectivity index (χ3v) is 2.98. The molecule has 0 spiro atoms. The van der Waals surface area contributed by atoms with Crippen LogP contribution in [0.25, 0.3) is 11.3 Å². The highest BCUT2D eigenvalue weighted by atomic mass is 19.4. The predicted octanol–water partition coefficient (Wildman–Crippen LogP) is 3.29. The van der Waals surface area contributed by atoms with Gasteiger partial charge in [0.25, 0.3) is 0 Å². The van der Waals surface area contributed by atoms with Gasteiger partial charge >= 0.3 is 6.18 Å². The fourth-order valence-corrected chi connectivity index (χ4v) is 1.92. The molecule has 0 fully saturated rings. The van der Waals surface area contributed by atoms with Crippen molar-refractivity contribution < 1.29 is 22.7 Å². The first kappa shape index (κ1) is 14.5. The summed E-state index contributed by atoms with van der Waals surface area (Å²) in [5.74, 6) is 0.398. The molecule has 2 aromatic rings. The van der Waals surface area contributed by atoms with Crippen LogP contribution in [0.5, 0.6) is 0 Å². The zero-order valence-corrected chi connectivity index (χ0v) is 10.7. The van der Waals surface area contributed by atoms with Gasteiger partial charge in [0.1, 0.15) is 0 Å². The van der Waals surface area contributed by atoms with Crippen molar-refractivity contribution in [1.29, 1.82) is 0 Å². The van der Waals surface area contributed by atoms with E-state index < -0.39 is 23.9 Å². The second kappa shape index (κ2) is 5.24. The molecule has 0 saturated heterocycles. The molecule has 2 heterocycles. The number of nitrogens with zero attached hydrogens (tertiary/aromatic N) is 2. The lowest BCUT2D eigenvalue weighted by atomic mass is 9.92. The molecule has 0 radical (unpaired) electrons. The lowest BCUT2D eigenvalue weighted by molar-refractivity contribution is -0.270. The summed E-state index contributed by atoms with van der Waals surface area (Å²) in [6, 6.07) is 2.57. The number of oxazole rings is 1. The molecule has 20 heavy (non-hydrogen) atoms. The molecular formula is C13H13F3N2O2. The molecule has 0 amide bonds. The number of aromatic nitrogens is 2. The standard InChI is InChI=1S/C13H13F3N2O2/c1-2-5-12(19,13(14,15)16)11-4-3-9(6-18-11)10-7-17-8-20-10/h3-4,6-8,19H,2,5H2,1H3. The Bertz CT molecular complexity index is 552. The van der Waals surface area contributed by atoms with E-state index in [1.54, 1.807) is 6.92 Å². The van der Waals surface area contributed by atoms with Crippen molar-refractivity contribution in [3.8, 4) is 11.3 Å². The van der Waals surface area contributed by atoms with Gasteiger partial charge in [-0.05, 0) is 18.6 Å². The summed E-state index contributed by atoms with van der Waals surface area (Å²) in [6.45, 7) is 1.57. The maximum Gasteiger partial charge on any atom is 0.422 e. The van der Waals surface area contributed by atoms with Crippen LogP contribution in [0.15, 0.2) is 35.3 Å². The number of alkyl halides is 3. The van der Waals surface area contributed by atoms with Crippen molar-refractivity contribution in [1.82, 2.24) is 9.97 Å². The zero-order chi connectivity index (χ0) is 14.8. The maximum absolute atomic E-state index is 13.0. The average molecular weight is 286 g/mol. The van der Waals surface area contributed by atoms with Crippen LogP contribution >= 0.6 is 0 Å². The van der Waals surface area contributed by atoms with Crippen LogP contribution in [-0.4, -0.2) is 21.3 Å². The van der Waals surface area contributed by atoms with Crippen LogP contribution in [-0.2, 0) is 5.60 Å². The minimum atomic E-state index is -4.77. The van der Waals surface area contributed by atoms with Gasteiger partial charge < -0.3 is 9.52 Å². The van der Waals surface area contributed by atoms with Gasteiger partial charge in [-0.2, -0.15) is 13.2 Å². The molecule has 1 atom stereocenters. The maximum atomic E-state index is 13.0. The van der Waals surface area contributed by atoms with Crippen molar-refractivity contribution in [2.45, 2.75) is 31.5 Å². The van der Waals surface area contributed by atoms with E-state index in [0.29, 0.717) is 11.3 Å². The topological polar surface area (TPSA) is 59.2 Å². The molecule has 1 N–H and O–H groups in total. The third-order valence-electron chi connectivity index (χ3n) is 2.98. The summed E-state index contributed by atoms with van der Waals surface area (Å²) in [4.78, 5) is 7.45. The number of rotatable bonds is 4. The molecule has 0 aliphatic heterocycles. The van der Waals surface area contributed by atoms with Crippen LogP contribution in [0.2, 0.25) is 0 Å². The van der Waals surface area contributed by atoms with E-state index in [1.807, 2.05) is 0 Å². The number of aliphatic hydroxyl groups is 1. The van der Waals surface area contributed by atoms with Crippen molar-refractivity contribution in [3.63, 3.8) is 0 Å². The summed E-state index contributed by atoms with van der Waals surface area (Å²) in [5, 5.41) is 9.92. The average Bonchev–Trinajstić information content (AvgIpc) is 2.91.